The van der Waals surface area contributed by atoms with Gasteiger partial charge in [-0.2, -0.15) is 0 Å². The predicted octanol–water partition coefficient (Wildman–Crippen LogP) is 2.92. The van der Waals surface area contributed by atoms with Crippen LogP contribution in [0.5, 0.6) is 0 Å². The number of hydrogen-bond donors (Lipinski definition) is 0. The van der Waals surface area contributed by atoms with E-state index in [4.69, 9.17) is 0 Å². The zero-order chi connectivity index (χ0) is 13.3. The number of nitro groups is 1. The fraction of sp³-hybridized carbons (Fsp3) is 0.615. The predicted molar refractivity (Wildman–Crippen MR) is 70.8 cm³/mol. The van der Waals surface area contributed by atoms with E-state index in [-0.39, 0.29) is 10.6 Å². The molecule has 2 atom stereocenters. The number of anilines is 1. The van der Waals surface area contributed by atoms with Crippen molar-refractivity contribution in [2.45, 2.75) is 39.7 Å². The van der Waals surface area contributed by atoms with Crippen LogP contribution in [-0.2, 0) is 0 Å². The van der Waals surface area contributed by atoms with Crippen LogP contribution in [0, 0.1) is 23.0 Å². The maximum absolute atomic E-state index is 11.1. The monoisotopic (exact) mass is 249 g/mol. The standard InChI is InChI=1S/C13H19N3O2/c1-9-4-5-11(3)15(8-9)13-12(16(17)18)6-10(2)7-14-13/h6-7,9,11H,4-5,8H2,1-3H3. The average molecular weight is 249 g/mol. The van der Waals surface area contributed by atoms with Crippen LogP contribution >= 0.6 is 0 Å². The van der Waals surface area contributed by atoms with Crippen LogP contribution in [0.4, 0.5) is 11.5 Å². The molecule has 0 amide bonds. The number of aryl methyl sites for hydroxylation is 1. The molecule has 5 nitrogen and oxygen atoms in total. The summed E-state index contributed by atoms with van der Waals surface area (Å²) in [5.41, 5.74) is 0.944. The van der Waals surface area contributed by atoms with Crippen molar-refractivity contribution in [3.8, 4) is 0 Å². The third-order valence-electron chi connectivity index (χ3n) is 3.57. The topological polar surface area (TPSA) is 59.3 Å². The van der Waals surface area contributed by atoms with Gasteiger partial charge in [0.05, 0.1) is 4.92 Å². The molecule has 2 heterocycles. The Morgan fingerprint density at radius 2 is 2.17 bits per heavy atom. The number of piperidine rings is 1. The Hall–Kier alpha value is -1.65. The second-order valence-electron chi connectivity index (χ2n) is 5.30. The first-order chi connectivity index (χ1) is 8.49. The van der Waals surface area contributed by atoms with E-state index in [0.717, 1.165) is 18.5 Å². The molecule has 5 heteroatoms. The largest absolute Gasteiger partial charge is 0.348 e. The quantitative estimate of drug-likeness (QED) is 0.597. The van der Waals surface area contributed by atoms with Gasteiger partial charge in [-0.15, -0.1) is 0 Å². The van der Waals surface area contributed by atoms with Crippen molar-refractivity contribution in [1.82, 2.24) is 4.98 Å². The zero-order valence-electron chi connectivity index (χ0n) is 11.1. The highest BCUT2D eigenvalue weighted by atomic mass is 16.6. The lowest BCUT2D eigenvalue weighted by Gasteiger charge is -2.37. The van der Waals surface area contributed by atoms with Crippen molar-refractivity contribution < 1.29 is 4.92 Å². The van der Waals surface area contributed by atoms with E-state index in [9.17, 15) is 10.1 Å². The molecule has 0 aromatic carbocycles. The minimum atomic E-state index is -0.332. The minimum Gasteiger partial charge on any atom is -0.348 e. The molecular weight excluding hydrogens is 230 g/mol. The van der Waals surface area contributed by atoms with Crippen molar-refractivity contribution in [2.24, 2.45) is 5.92 Å². The van der Waals surface area contributed by atoms with Crippen molar-refractivity contribution in [2.75, 3.05) is 11.4 Å². The molecular formula is C13H19N3O2. The van der Waals surface area contributed by atoms with Gasteiger partial charge in [-0.25, -0.2) is 4.98 Å². The average Bonchev–Trinajstić information content (AvgIpc) is 2.32. The smallest absolute Gasteiger partial charge is 0.311 e. The van der Waals surface area contributed by atoms with Gasteiger partial charge in [0.1, 0.15) is 0 Å². The Balaban J connectivity index is 2.40. The molecule has 1 aromatic heterocycles. The van der Waals surface area contributed by atoms with Gasteiger partial charge in [-0.1, -0.05) is 6.92 Å². The molecule has 0 radical (unpaired) electrons. The first-order valence-electron chi connectivity index (χ1n) is 6.36. The zero-order valence-corrected chi connectivity index (χ0v) is 11.1. The summed E-state index contributed by atoms with van der Waals surface area (Å²) >= 11 is 0. The first-order valence-corrected chi connectivity index (χ1v) is 6.36. The Morgan fingerprint density at radius 3 is 2.83 bits per heavy atom. The highest BCUT2D eigenvalue weighted by Crippen LogP contribution is 2.32. The summed E-state index contributed by atoms with van der Waals surface area (Å²) in [7, 11) is 0. The van der Waals surface area contributed by atoms with Crippen LogP contribution in [-0.4, -0.2) is 22.5 Å². The van der Waals surface area contributed by atoms with Crippen molar-refractivity contribution in [3.05, 3.63) is 27.9 Å². The fourth-order valence-electron chi connectivity index (χ4n) is 2.49. The summed E-state index contributed by atoms with van der Waals surface area (Å²) in [4.78, 5) is 17.2. The van der Waals surface area contributed by atoms with E-state index >= 15 is 0 Å². The maximum Gasteiger partial charge on any atom is 0.311 e. The molecule has 98 valence electrons. The first kappa shape index (κ1) is 12.8. The van der Waals surface area contributed by atoms with Crippen LogP contribution in [0.2, 0.25) is 0 Å². The summed E-state index contributed by atoms with van der Waals surface area (Å²) < 4.78 is 0. The lowest BCUT2D eigenvalue weighted by molar-refractivity contribution is -0.384. The van der Waals surface area contributed by atoms with E-state index in [1.165, 1.54) is 6.42 Å². The van der Waals surface area contributed by atoms with Gasteiger partial charge in [0.25, 0.3) is 0 Å². The summed E-state index contributed by atoms with van der Waals surface area (Å²) in [6.45, 7) is 6.96. The normalized spacial score (nSPS) is 24.1. The second kappa shape index (κ2) is 4.92. The molecule has 1 fully saturated rings. The van der Waals surface area contributed by atoms with Crippen LogP contribution in [0.25, 0.3) is 0 Å². The third kappa shape index (κ3) is 2.44. The Kier molecular flexibility index (Phi) is 3.50. The van der Waals surface area contributed by atoms with Gasteiger partial charge in [0.15, 0.2) is 0 Å². The van der Waals surface area contributed by atoms with Gasteiger partial charge < -0.3 is 4.90 Å². The van der Waals surface area contributed by atoms with E-state index in [2.05, 4.69) is 23.7 Å². The second-order valence-corrected chi connectivity index (χ2v) is 5.30. The van der Waals surface area contributed by atoms with Gasteiger partial charge >= 0.3 is 5.69 Å². The van der Waals surface area contributed by atoms with Crippen LogP contribution in [0.1, 0.15) is 32.3 Å². The third-order valence-corrected chi connectivity index (χ3v) is 3.57. The highest BCUT2D eigenvalue weighted by molar-refractivity contribution is 5.59. The summed E-state index contributed by atoms with van der Waals surface area (Å²) in [5, 5.41) is 11.1. The lowest BCUT2D eigenvalue weighted by atomic mass is 9.95. The maximum atomic E-state index is 11.1. The van der Waals surface area contributed by atoms with Crippen molar-refractivity contribution in [3.63, 3.8) is 0 Å². The summed E-state index contributed by atoms with van der Waals surface area (Å²) in [5.74, 6) is 1.08. The van der Waals surface area contributed by atoms with Gasteiger partial charge in [-0.05, 0) is 38.2 Å². The molecule has 2 rings (SSSR count). The van der Waals surface area contributed by atoms with Crippen molar-refractivity contribution >= 4 is 11.5 Å². The molecule has 0 spiro atoms. The molecule has 0 aliphatic carbocycles. The minimum absolute atomic E-state index is 0.121. The molecule has 1 aliphatic rings. The van der Waals surface area contributed by atoms with E-state index in [1.54, 1.807) is 12.3 Å². The van der Waals surface area contributed by atoms with E-state index in [0.29, 0.717) is 17.8 Å². The SMILES string of the molecule is Cc1cnc(N2CC(C)CCC2C)c([N+](=O)[O-])c1. The molecule has 1 aromatic rings. The summed E-state index contributed by atoms with van der Waals surface area (Å²) in [6, 6.07) is 1.92. The number of nitrogens with zero attached hydrogens (tertiary/aromatic N) is 3. The van der Waals surface area contributed by atoms with Crippen molar-refractivity contribution in [1.29, 1.82) is 0 Å². The van der Waals surface area contributed by atoms with Gasteiger partial charge in [0, 0.05) is 24.8 Å². The highest BCUT2D eigenvalue weighted by Gasteiger charge is 2.29. The molecule has 0 bridgehead atoms. The Bertz CT molecular complexity index is 462. The molecule has 0 N–H and O–H groups in total. The van der Waals surface area contributed by atoms with Crippen LogP contribution < -0.4 is 4.90 Å². The van der Waals surface area contributed by atoms with Crippen LogP contribution in [0.15, 0.2) is 12.3 Å². The summed E-state index contributed by atoms with van der Waals surface area (Å²) in [6.07, 6.45) is 3.94. The van der Waals surface area contributed by atoms with Gasteiger partial charge in [-0.3, -0.25) is 10.1 Å². The Labute approximate surface area is 107 Å². The number of aromatic nitrogens is 1. The molecule has 0 saturated carbocycles. The van der Waals surface area contributed by atoms with E-state index < -0.39 is 0 Å². The fourth-order valence-corrected chi connectivity index (χ4v) is 2.49. The lowest BCUT2D eigenvalue weighted by Crippen LogP contribution is -2.41. The number of pyridine rings is 1. The van der Waals surface area contributed by atoms with E-state index in [1.807, 2.05) is 6.92 Å². The van der Waals surface area contributed by atoms with Crippen LogP contribution in [0.3, 0.4) is 0 Å². The van der Waals surface area contributed by atoms with Gasteiger partial charge in [0.2, 0.25) is 5.82 Å². The molecule has 1 saturated heterocycles. The molecule has 18 heavy (non-hydrogen) atoms. The Morgan fingerprint density at radius 1 is 1.44 bits per heavy atom. The number of rotatable bonds is 2. The molecule has 1 aliphatic heterocycles. The molecule has 2 unspecified atom stereocenters. The number of hydrogen-bond acceptors (Lipinski definition) is 4.